The van der Waals surface area contributed by atoms with Crippen LogP contribution in [0.25, 0.3) is 0 Å². The Morgan fingerprint density at radius 3 is 2.53 bits per heavy atom. The number of nitrogens with zero attached hydrogens (tertiary/aromatic N) is 2. The van der Waals surface area contributed by atoms with Crippen molar-refractivity contribution in [1.82, 2.24) is 4.98 Å². The van der Waals surface area contributed by atoms with Crippen LogP contribution in [0.2, 0.25) is 0 Å². The minimum absolute atomic E-state index is 0.0559. The van der Waals surface area contributed by atoms with Crippen LogP contribution in [-0.2, 0) is 6.54 Å². The van der Waals surface area contributed by atoms with Crippen molar-refractivity contribution in [3.05, 3.63) is 61.2 Å². The van der Waals surface area contributed by atoms with Gasteiger partial charge in [-0.1, -0.05) is 28.1 Å². The molecule has 0 amide bonds. The molecule has 0 unspecified atom stereocenters. The van der Waals surface area contributed by atoms with E-state index in [9.17, 15) is 10.1 Å². The molecule has 1 N–H and O–H groups in total. The standard InChI is InChI=1S/C12H9Br2N3O2/c13-9-3-1-8(2-4-9)7-16-12-11(17(18)19)10(14)5-6-15-12/h1-6H,7H2,(H,15,16). The van der Waals surface area contributed by atoms with Crippen molar-refractivity contribution in [3.63, 3.8) is 0 Å². The zero-order valence-corrected chi connectivity index (χ0v) is 12.8. The SMILES string of the molecule is O=[N+]([O-])c1c(Br)ccnc1NCc1ccc(Br)cc1. The Balaban J connectivity index is 2.18. The molecule has 0 radical (unpaired) electrons. The molecule has 98 valence electrons. The number of nitrogens with one attached hydrogen (secondary N) is 1. The highest BCUT2D eigenvalue weighted by molar-refractivity contribution is 9.10. The molecule has 0 aliphatic rings. The summed E-state index contributed by atoms with van der Waals surface area (Å²) in [6, 6.07) is 9.24. The number of anilines is 1. The Morgan fingerprint density at radius 1 is 1.21 bits per heavy atom. The second kappa shape index (κ2) is 6.12. The van der Waals surface area contributed by atoms with E-state index in [2.05, 4.69) is 42.2 Å². The van der Waals surface area contributed by atoms with E-state index in [1.54, 1.807) is 6.07 Å². The average Bonchev–Trinajstić information content (AvgIpc) is 2.37. The zero-order chi connectivity index (χ0) is 13.8. The van der Waals surface area contributed by atoms with E-state index in [0.29, 0.717) is 11.0 Å². The van der Waals surface area contributed by atoms with E-state index >= 15 is 0 Å². The van der Waals surface area contributed by atoms with Gasteiger partial charge in [-0.2, -0.15) is 0 Å². The number of pyridine rings is 1. The first-order chi connectivity index (χ1) is 9.08. The molecule has 0 saturated carbocycles. The number of benzene rings is 1. The maximum absolute atomic E-state index is 11.0. The quantitative estimate of drug-likeness (QED) is 0.633. The maximum atomic E-state index is 11.0. The van der Waals surface area contributed by atoms with Crippen LogP contribution in [0.15, 0.2) is 45.5 Å². The number of hydrogen-bond acceptors (Lipinski definition) is 4. The van der Waals surface area contributed by atoms with Crippen molar-refractivity contribution in [2.24, 2.45) is 0 Å². The van der Waals surface area contributed by atoms with E-state index in [1.165, 1.54) is 6.20 Å². The third-order valence-corrected chi connectivity index (χ3v) is 3.60. The largest absolute Gasteiger partial charge is 0.360 e. The van der Waals surface area contributed by atoms with Crippen molar-refractivity contribution in [1.29, 1.82) is 0 Å². The minimum Gasteiger partial charge on any atom is -0.360 e. The molecule has 0 saturated heterocycles. The third kappa shape index (κ3) is 3.51. The topological polar surface area (TPSA) is 68.1 Å². The van der Waals surface area contributed by atoms with Crippen molar-refractivity contribution >= 4 is 43.4 Å². The number of nitro groups is 1. The highest BCUT2D eigenvalue weighted by Gasteiger charge is 2.19. The number of rotatable bonds is 4. The molecule has 2 rings (SSSR count). The Kier molecular flexibility index (Phi) is 4.49. The van der Waals surface area contributed by atoms with E-state index in [1.807, 2.05) is 24.3 Å². The molecule has 0 spiro atoms. The summed E-state index contributed by atoms with van der Waals surface area (Å²) in [6.07, 6.45) is 1.51. The Bertz CT molecular complexity index is 602. The fourth-order valence-corrected chi connectivity index (χ4v) is 2.24. The second-order valence-electron chi connectivity index (χ2n) is 3.73. The van der Waals surface area contributed by atoms with Gasteiger partial charge in [-0.25, -0.2) is 4.98 Å². The molecule has 2 aromatic rings. The summed E-state index contributed by atoms with van der Waals surface area (Å²) >= 11 is 6.51. The lowest BCUT2D eigenvalue weighted by Crippen LogP contribution is -2.05. The molecule has 0 atom stereocenters. The summed E-state index contributed by atoms with van der Waals surface area (Å²) in [5, 5.41) is 14.0. The number of hydrogen-bond donors (Lipinski definition) is 1. The van der Waals surface area contributed by atoms with Crippen LogP contribution >= 0.6 is 31.9 Å². The molecule has 1 heterocycles. The summed E-state index contributed by atoms with van der Waals surface area (Å²) in [4.78, 5) is 14.5. The highest BCUT2D eigenvalue weighted by Crippen LogP contribution is 2.30. The van der Waals surface area contributed by atoms with Gasteiger partial charge >= 0.3 is 5.69 Å². The first kappa shape index (κ1) is 14.0. The molecule has 0 aliphatic carbocycles. The predicted octanol–water partition coefficient (Wildman–Crippen LogP) is 4.13. The second-order valence-corrected chi connectivity index (χ2v) is 5.50. The molecule has 0 bridgehead atoms. The first-order valence-corrected chi connectivity index (χ1v) is 6.94. The molecular weight excluding hydrogens is 378 g/mol. The molecule has 1 aromatic carbocycles. The van der Waals surface area contributed by atoms with Crippen LogP contribution in [0.3, 0.4) is 0 Å². The minimum atomic E-state index is -0.457. The first-order valence-electron chi connectivity index (χ1n) is 5.35. The monoisotopic (exact) mass is 385 g/mol. The van der Waals surface area contributed by atoms with Crippen LogP contribution in [0.5, 0.6) is 0 Å². The van der Waals surface area contributed by atoms with Gasteiger partial charge in [0.25, 0.3) is 0 Å². The van der Waals surface area contributed by atoms with Crippen LogP contribution < -0.4 is 5.32 Å². The highest BCUT2D eigenvalue weighted by atomic mass is 79.9. The van der Waals surface area contributed by atoms with Gasteiger partial charge in [0.05, 0.1) is 4.92 Å². The van der Waals surface area contributed by atoms with Crippen LogP contribution in [0.4, 0.5) is 11.5 Å². The summed E-state index contributed by atoms with van der Waals surface area (Å²) in [6.45, 7) is 0.470. The Labute approximate surface area is 126 Å². The Hall–Kier alpha value is -1.47. The average molecular weight is 387 g/mol. The summed E-state index contributed by atoms with van der Waals surface area (Å²) in [5.41, 5.74) is 0.957. The van der Waals surface area contributed by atoms with Crippen molar-refractivity contribution in [3.8, 4) is 0 Å². The van der Waals surface area contributed by atoms with Gasteiger partial charge < -0.3 is 5.32 Å². The van der Waals surface area contributed by atoms with Gasteiger partial charge in [0.1, 0.15) is 4.47 Å². The van der Waals surface area contributed by atoms with E-state index in [-0.39, 0.29) is 11.5 Å². The maximum Gasteiger partial charge on any atom is 0.325 e. The van der Waals surface area contributed by atoms with Gasteiger partial charge in [-0.15, -0.1) is 0 Å². The van der Waals surface area contributed by atoms with Gasteiger partial charge in [-0.05, 0) is 39.7 Å². The van der Waals surface area contributed by atoms with E-state index in [4.69, 9.17) is 0 Å². The lowest BCUT2D eigenvalue weighted by atomic mass is 10.2. The number of halogens is 2. The third-order valence-electron chi connectivity index (χ3n) is 2.43. The summed E-state index contributed by atoms with van der Waals surface area (Å²) < 4.78 is 1.40. The zero-order valence-electron chi connectivity index (χ0n) is 9.64. The van der Waals surface area contributed by atoms with Gasteiger partial charge in [0.2, 0.25) is 5.82 Å². The lowest BCUT2D eigenvalue weighted by Gasteiger charge is -2.07. The molecule has 0 aliphatic heterocycles. The number of aromatic nitrogens is 1. The van der Waals surface area contributed by atoms with Crippen molar-refractivity contribution in [2.75, 3.05) is 5.32 Å². The molecular formula is C12H9Br2N3O2. The van der Waals surface area contributed by atoms with Crippen LogP contribution in [0, 0.1) is 10.1 Å². The smallest absolute Gasteiger partial charge is 0.325 e. The van der Waals surface area contributed by atoms with Gasteiger partial charge in [0, 0.05) is 17.2 Å². The van der Waals surface area contributed by atoms with Gasteiger partial charge in [-0.3, -0.25) is 10.1 Å². The van der Waals surface area contributed by atoms with Crippen LogP contribution in [-0.4, -0.2) is 9.91 Å². The van der Waals surface area contributed by atoms with E-state index in [0.717, 1.165) is 10.0 Å². The fraction of sp³-hybridized carbons (Fsp3) is 0.0833. The summed E-state index contributed by atoms with van der Waals surface area (Å²) in [5.74, 6) is 0.252. The normalized spacial score (nSPS) is 10.2. The molecule has 5 nitrogen and oxygen atoms in total. The molecule has 1 aromatic heterocycles. The fourth-order valence-electron chi connectivity index (χ4n) is 1.52. The van der Waals surface area contributed by atoms with Crippen LogP contribution in [0.1, 0.15) is 5.56 Å². The lowest BCUT2D eigenvalue weighted by molar-refractivity contribution is -0.385. The Morgan fingerprint density at radius 2 is 1.89 bits per heavy atom. The molecule has 7 heteroatoms. The van der Waals surface area contributed by atoms with E-state index < -0.39 is 4.92 Å². The molecule has 0 fully saturated rings. The van der Waals surface area contributed by atoms with Crippen molar-refractivity contribution in [2.45, 2.75) is 6.54 Å². The van der Waals surface area contributed by atoms with Gasteiger partial charge in [0.15, 0.2) is 0 Å². The van der Waals surface area contributed by atoms with Crippen molar-refractivity contribution < 1.29 is 4.92 Å². The molecule has 19 heavy (non-hydrogen) atoms. The summed E-state index contributed by atoms with van der Waals surface area (Å²) in [7, 11) is 0. The predicted molar refractivity (Wildman–Crippen MR) is 80.1 cm³/mol.